The predicted octanol–water partition coefficient (Wildman–Crippen LogP) is -2.63. The molecule has 1 aliphatic heterocycles. The topological polar surface area (TPSA) is 162 Å². The molecule has 1 fully saturated rings. The third-order valence-corrected chi connectivity index (χ3v) is 4.74. The standard InChI is InChI=1S/C17H30N4O8/c1-13(12-22)20-6-4-18(9-15(24)25)2-3-19(10-16(26)27)5-7-21(11-17(28)29)14(23)8-20/h13,22H,2-12H2,1H3,(H,24,25)(H,26,27)(H,28,29). The van der Waals surface area contributed by atoms with Crippen LogP contribution >= 0.6 is 0 Å². The van der Waals surface area contributed by atoms with Gasteiger partial charge in [0.25, 0.3) is 0 Å². The summed E-state index contributed by atoms with van der Waals surface area (Å²) in [6, 6.07) is -0.372. The van der Waals surface area contributed by atoms with Gasteiger partial charge in [-0.05, 0) is 6.92 Å². The van der Waals surface area contributed by atoms with Crippen molar-refractivity contribution in [2.45, 2.75) is 13.0 Å². The molecule has 1 atom stereocenters. The van der Waals surface area contributed by atoms with Gasteiger partial charge in [-0.1, -0.05) is 0 Å². The summed E-state index contributed by atoms with van der Waals surface area (Å²) in [4.78, 5) is 52.1. The van der Waals surface area contributed by atoms with Crippen LogP contribution in [0.4, 0.5) is 0 Å². The maximum Gasteiger partial charge on any atom is 0.323 e. The molecule has 29 heavy (non-hydrogen) atoms. The van der Waals surface area contributed by atoms with Gasteiger partial charge in [-0.25, -0.2) is 0 Å². The lowest BCUT2D eigenvalue weighted by atomic mass is 10.2. The van der Waals surface area contributed by atoms with Crippen molar-refractivity contribution in [3.63, 3.8) is 0 Å². The van der Waals surface area contributed by atoms with E-state index < -0.39 is 30.4 Å². The lowest BCUT2D eigenvalue weighted by molar-refractivity contribution is -0.146. The number of hydrogen-bond acceptors (Lipinski definition) is 8. The lowest BCUT2D eigenvalue weighted by Crippen LogP contribution is -2.52. The maximum absolute atomic E-state index is 12.7. The molecule has 4 N–H and O–H groups in total. The summed E-state index contributed by atoms with van der Waals surface area (Å²) in [6.07, 6.45) is 0. The van der Waals surface area contributed by atoms with Gasteiger partial charge in [-0.15, -0.1) is 0 Å². The Bertz CT molecular complexity index is 588. The summed E-state index contributed by atoms with van der Waals surface area (Å²) < 4.78 is 0. The van der Waals surface area contributed by atoms with Crippen LogP contribution < -0.4 is 0 Å². The summed E-state index contributed by atoms with van der Waals surface area (Å²) in [6.45, 7) is 1.64. The number of rotatable bonds is 8. The first-order valence-corrected chi connectivity index (χ1v) is 9.35. The van der Waals surface area contributed by atoms with Crippen molar-refractivity contribution in [1.82, 2.24) is 19.6 Å². The molecule has 0 aliphatic carbocycles. The average molecular weight is 418 g/mol. The summed E-state index contributed by atoms with van der Waals surface area (Å²) >= 11 is 0. The molecule has 1 aliphatic rings. The van der Waals surface area contributed by atoms with Gasteiger partial charge in [0.1, 0.15) is 6.54 Å². The van der Waals surface area contributed by atoms with Gasteiger partial charge in [-0.2, -0.15) is 0 Å². The normalized spacial score (nSPS) is 19.9. The first-order chi connectivity index (χ1) is 13.6. The second-order valence-corrected chi connectivity index (χ2v) is 7.05. The van der Waals surface area contributed by atoms with Gasteiger partial charge < -0.3 is 25.3 Å². The second-order valence-electron chi connectivity index (χ2n) is 7.05. The van der Waals surface area contributed by atoms with Crippen LogP contribution in [0.25, 0.3) is 0 Å². The van der Waals surface area contributed by atoms with Crippen LogP contribution in [-0.4, -0.2) is 142 Å². The zero-order chi connectivity index (χ0) is 22.0. The number of aliphatic hydroxyl groups is 1. The van der Waals surface area contributed by atoms with Crippen molar-refractivity contribution in [3.8, 4) is 0 Å². The molecule has 0 bridgehead atoms. The summed E-state index contributed by atoms with van der Waals surface area (Å²) in [7, 11) is 0. The molecule has 12 heteroatoms. The molecule has 1 saturated heterocycles. The molecule has 1 amide bonds. The number of aliphatic carboxylic acids is 3. The van der Waals surface area contributed by atoms with E-state index in [4.69, 9.17) is 15.3 Å². The third kappa shape index (κ3) is 9.65. The first-order valence-electron chi connectivity index (χ1n) is 9.35. The van der Waals surface area contributed by atoms with Crippen LogP contribution in [-0.2, 0) is 19.2 Å². The maximum atomic E-state index is 12.7. The molecule has 0 aromatic rings. The van der Waals surface area contributed by atoms with Crippen molar-refractivity contribution < 1.29 is 39.6 Å². The van der Waals surface area contributed by atoms with E-state index >= 15 is 0 Å². The highest BCUT2D eigenvalue weighted by Crippen LogP contribution is 2.05. The van der Waals surface area contributed by atoms with Crippen LogP contribution in [0.15, 0.2) is 0 Å². The predicted molar refractivity (Wildman–Crippen MR) is 100 cm³/mol. The summed E-state index contributed by atoms with van der Waals surface area (Å²) in [5, 5.41) is 36.8. The molecule has 1 rings (SSSR count). The van der Waals surface area contributed by atoms with Gasteiger partial charge in [0, 0.05) is 45.3 Å². The molecular formula is C17H30N4O8. The highest BCUT2D eigenvalue weighted by molar-refractivity contribution is 5.82. The fourth-order valence-corrected chi connectivity index (χ4v) is 3.04. The monoisotopic (exact) mass is 418 g/mol. The quantitative estimate of drug-likeness (QED) is 0.326. The largest absolute Gasteiger partial charge is 0.480 e. The number of aliphatic hydroxyl groups excluding tert-OH is 1. The zero-order valence-electron chi connectivity index (χ0n) is 16.6. The van der Waals surface area contributed by atoms with Gasteiger partial charge >= 0.3 is 17.9 Å². The van der Waals surface area contributed by atoms with Gasteiger partial charge in [0.2, 0.25) is 5.91 Å². The van der Waals surface area contributed by atoms with E-state index in [1.165, 1.54) is 0 Å². The van der Waals surface area contributed by atoms with E-state index in [0.717, 1.165) is 4.90 Å². The van der Waals surface area contributed by atoms with Crippen molar-refractivity contribution in [2.75, 3.05) is 72.1 Å². The van der Waals surface area contributed by atoms with E-state index in [1.54, 1.807) is 21.6 Å². The summed E-state index contributed by atoms with van der Waals surface area (Å²) in [5.74, 6) is -3.72. The Hall–Kier alpha value is -2.28. The van der Waals surface area contributed by atoms with E-state index in [0.29, 0.717) is 19.6 Å². The molecule has 1 unspecified atom stereocenters. The van der Waals surface area contributed by atoms with Crippen LogP contribution in [0.3, 0.4) is 0 Å². The van der Waals surface area contributed by atoms with Crippen molar-refractivity contribution >= 4 is 23.8 Å². The average Bonchev–Trinajstić information content (AvgIpc) is 2.62. The number of carboxylic acids is 3. The van der Waals surface area contributed by atoms with Crippen molar-refractivity contribution in [2.24, 2.45) is 0 Å². The minimum Gasteiger partial charge on any atom is -0.480 e. The van der Waals surface area contributed by atoms with E-state index in [1.807, 2.05) is 0 Å². The van der Waals surface area contributed by atoms with Crippen molar-refractivity contribution in [1.29, 1.82) is 0 Å². The number of carboxylic acid groups (broad SMARTS) is 3. The molecule has 0 aromatic heterocycles. The Morgan fingerprint density at radius 3 is 1.72 bits per heavy atom. The van der Waals surface area contributed by atoms with E-state index in [2.05, 4.69) is 0 Å². The molecule has 1 heterocycles. The molecule has 0 aromatic carbocycles. The Morgan fingerprint density at radius 2 is 1.28 bits per heavy atom. The van der Waals surface area contributed by atoms with Crippen LogP contribution in [0.1, 0.15) is 6.92 Å². The number of amides is 1. The SMILES string of the molecule is CC(CO)N1CCN(CC(=O)O)CCN(CC(=O)O)CCN(CC(=O)O)C(=O)C1. The number of carbonyl (C=O) groups excluding carboxylic acids is 1. The smallest absolute Gasteiger partial charge is 0.323 e. The number of hydrogen-bond donors (Lipinski definition) is 4. The van der Waals surface area contributed by atoms with Crippen LogP contribution in [0.5, 0.6) is 0 Å². The Morgan fingerprint density at radius 1 is 0.828 bits per heavy atom. The highest BCUT2D eigenvalue weighted by atomic mass is 16.4. The lowest BCUT2D eigenvalue weighted by Gasteiger charge is -2.34. The molecule has 12 nitrogen and oxygen atoms in total. The summed E-state index contributed by atoms with van der Waals surface area (Å²) in [5.41, 5.74) is 0. The van der Waals surface area contributed by atoms with Gasteiger partial charge in [-0.3, -0.25) is 33.9 Å². The third-order valence-electron chi connectivity index (χ3n) is 4.74. The highest BCUT2D eigenvalue weighted by Gasteiger charge is 2.25. The minimum atomic E-state index is -1.18. The fraction of sp³-hybridized carbons (Fsp3) is 0.765. The van der Waals surface area contributed by atoms with Gasteiger partial charge in [0.15, 0.2) is 0 Å². The Balaban J connectivity index is 3.05. The Labute approximate surface area is 168 Å². The zero-order valence-corrected chi connectivity index (χ0v) is 16.6. The number of nitrogens with zero attached hydrogens (tertiary/aromatic N) is 4. The minimum absolute atomic E-state index is 0.0265. The van der Waals surface area contributed by atoms with E-state index in [9.17, 15) is 24.3 Å². The molecule has 0 radical (unpaired) electrons. The molecule has 0 saturated carbocycles. The molecule has 166 valence electrons. The van der Waals surface area contributed by atoms with Crippen LogP contribution in [0.2, 0.25) is 0 Å². The second kappa shape index (κ2) is 12.3. The number of carbonyl (C=O) groups is 4. The Kier molecular flexibility index (Phi) is 10.5. The first kappa shape index (κ1) is 24.8. The fourth-order valence-electron chi connectivity index (χ4n) is 3.04. The van der Waals surface area contributed by atoms with Crippen molar-refractivity contribution in [3.05, 3.63) is 0 Å². The van der Waals surface area contributed by atoms with E-state index in [-0.39, 0.29) is 51.9 Å². The molecule has 0 spiro atoms. The van der Waals surface area contributed by atoms with Crippen LogP contribution in [0, 0.1) is 0 Å². The molecular weight excluding hydrogens is 388 g/mol. The van der Waals surface area contributed by atoms with Gasteiger partial charge in [0.05, 0.1) is 26.2 Å².